The summed E-state index contributed by atoms with van der Waals surface area (Å²) in [4.78, 5) is 16.0. The van der Waals surface area contributed by atoms with Crippen LogP contribution in [0.2, 0.25) is 0 Å². The molecule has 2 fully saturated rings. The first-order chi connectivity index (χ1) is 13.3. The number of pyridine rings is 1. The maximum Gasteiger partial charge on any atom is 0.166 e. The number of aromatic amines is 1. The molecule has 2 saturated heterocycles. The zero-order chi connectivity index (χ0) is 18.3. The second-order valence-electron chi connectivity index (χ2n) is 7.45. The lowest BCUT2D eigenvalue weighted by molar-refractivity contribution is 0.247. The molecule has 0 bridgehead atoms. The minimum atomic E-state index is 0.374. The number of hydrogen-bond donors (Lipinski definition) is 2. The van der Waals surface area contributed by atoms with Crippen LogP contribution in [0.25, 0.3) is 22.3 Å². The Morgan fingerprint density at radius 2 is 2.04 bits per heavy atom. The summed E-state index contributed by atoms with van der Waals surface area (Å²) in [6.07, 6.45) is 8.74. The fraction of sp³-hybridized carbons (Fsp3) is 0.421. The Morgan fingerprint density at radius 1 is 1.15 bits per heavy atom. The minimum absolute atomic E-state index is 0.374. The SMILES string of the molecule is N#Cc1[nH]ncc1-c1nc(N2CCC3(CCNC3)CC2)c2ccncc2n1. The van der Waals surface area contributed by atoms with Crippen LogP contribution in [0.1, 0.15) is 25.0 Å². The summed E-state index contributed by atoms with van der Waals surface area (Å²) in [6.45, 7) is 4.21. The van der Waals surface area contributed by atoms with Crippen LogP contribution in [0, 0.1) is 16.7 Å². The number of nitrogens with one attached hydrogen (secondary N) is 2. The Bertz CT molecular complexity index is 1020. The van der Waals surface area contributed by atoms with E-state index in [1.165, 1.54) is 19.3 Å². The summed E-state index contributed by atoms with van der Waals surface area (Å²) in [5, 5.41) is 20.5. The highest BCUT2D eigenvalue weighted by Gasteiger charge is 2.37. The van der Waals surface area contributed by atoms with E-state index in [1.807, 2.05) is 6.07 Å². The van der Waals surface area contributed by atoms with Gasteiger partial charge in [-0.2, -0.15) is 10.4 Å². The van der Waals surface area contributed by atoms with Gasteiger partial charge in [0.2, 0.25) is 0 Å². The van der Waals surface area contributed by atoms with Crippen molar-refractivity contribution >= 4 is 16.7 Å². The Kier molecular flexibility index (Phi) is 3.76. The van der Waals surface area contributed by atoms with E-state index in [0.29, 0.717) is 22.5 Å². The molecule has 5 heterocycles. The highest BCUT2D eigenvalue weighted by molar-refractivity contribution is 5.90. The predicted octanol–water partition coefficient (Wildman–Crippen LogP) is 1.87. The molecule has 2 aliphatic heterocycles. The molecule has 2 N–H and O–H groups in total. The maximum atomic E-state index is 9.31. The fourth-order valence-corrected chi connectivity index (χ4v) is 4.28. The molecule has 0 aromatic carbocycles. The standard InChI is InChI=1S/C19H20N8/c20-9-15-14(10-23-26-15)17-24-16-11-21-5-1-13(16)18(25-17)27-7-3-19(4-8-27)2-6-22-12-19/h1,5,10-11,22H,2-4,6-8,12H2,(H,23,26). The van der Waals surface area contributed by atoms with Crippen LogP contribution in [0.5, 0.6) is 0 Å². The molecule has 3 aromatic heterocycles. The van der Waals surface area contributed by atoms with Crippen molar-refractivity contribution in [1.29, 1.82) is 5.26 Å². The summed E-state index contributed by atoms with van der Waals surface area (Å²) in [5.74, 6) is 1.43. The molecule has 0 atom stereocenters. The third-order valence-electron chi connectivity index (χ3n) is 5.93. The molecule has 136 valence electrons. The smallest absolute Gasteiger partial charge is 0.166 e. The highest BCUT2D eigenvalue weighted by Crippen LogP contribution is 2.39. The second-order valence-corrected chi connectivity index (χ2v) is 7.45. The van der Waals surface area contributed by atoms with Crippen molar-refractivity contribution in [2.75, 3.05) is 31.1 Å². The summed E-state index contributed by atoms with van der Waals surface area (Å²) < 4.78 is 0. The van der Waals surface area contributed by atoms with E-state index in [9.17, 15) is 5.26 Å². The maximum absolute atomic E-state index is 9.31. The number of piperidine rings is 1. The van der Waals surface area contributed by atoms with Gasteiger partial charge in [-0.1, -0.05) is 0 Å². The molecular weight excluding hydrogens is 340 g/mol. The Hall–Kier alpha value is -3.05. The van der Waals surface area contributed by atoms with Gasteiger partial charge in [-0.25, -0.2) is 9.97 Å². The number of fused-ring (bicyclic) bond motifs is 1. The van der Waals surface area contributed by atoms with Crippen molar-refractivity contribution in [3.05, 3.63) is 30.4 Å². The third kappa shape index (κ3) is 2.71. The Labute approximate surface area is 156 Å². The summed E-state index contributed by atoms with van der Waals surface area (Å²) in [5.41, 5.74) is 2.23. The van der Waals surface area contributed by atoms with Crippen molar-refractivity contribution < 1.29 is 0 Å². The number of H-pyrrole nitrogens is 1. The van der Waals surface area contributed by atoms with Gasteiger partial charge in [0, 0.05) is 31.2 Å². The highest BCUT2D eigenvalue weighted by atomic mass is 15.2. The average Bonchev–Trinajstić information content (AvgIpc) is 3.37. The van der Waals surface area contributed by atoms with Gasteiger partial charge in [0.05, 0.1) is 23.5 Å². The molecule has 1 spiro atoms. The number of nitrogens with zero attached hydrogens (tertiary/aromatic N) is 6. The molecule has 8 nitrogen and oxygen atoms in total. The summed E-state index contributed by atoms with van der Waals surface area (Å²) in [6, 6.07) is 4.09. The number of rotatable bonds is 2. The number of anilines is 1. The van der Waals surface area contributed by atoms with E-state index in [4.69, 9.17) is 4.98 Å². The molecule has 0 unspecified atom stereocenters. The van der Waals surface area contributed by atoms with Crippen LogP contribution in [0.3, 0.4) is 0 Å². The lowest BCUT2D eigenvalue weighted by atomic mass is 9.78. The van der Waals surface area contributed by atoms with E-state index >= 15 is 0 Å². The first-order valence-electron chi connectivity index (χ1n) is 9.29. The van der Waals surface area contributed by atoms with Crippen molar-refractivity contribution in [2.45, 2.75) is 19.3 Å². The molecule has 3 aromatic rings. The Morgan fingerprint density at radius 3 is 2.81 bits per heavy atom. The topological polar surface area (TPSA) is 106 Å². The first-order valence-corrected chi connectivity index (χ1v) is 9.29. The van der Waals surface area contributed by atoms with Crippen LogP contribution in [0.15, 0.2) is 24.7 Å². The van der Waals surface area contributed by atoms with Crippen LogP contribution in [-0.2, 0) is 0 Å². The van der Waals surface area contributed by atoms with Crippen LogP contribution < -0.4 is 10.2 Å². The zero-order valence-electron chi connectivity index (χ0n) is 14.9. The van der Waals surface area contributed by atoms with Gasteiger partial charge in [-0.3, -0.25) is 10.1 Å². The predicted molar refractivity (Wildman–Crippen MR) is 101 cm³/mol. The lowest BCUT2D eigenvalue weighted by Gasteiger charge is -2.39. The molecule has 27 heavy (non-hydrogen) atoms. The number of aromatic nitrogens is 5. The molecular formula is C19H20N8. The average molecular weight is 360 g/mol. The van der Waals surface area contributed by atoms with Gasteiger partial charge in [-0.05, 0) is 37.3 Å². The van der Waals surface area contributed by atoms with E-state index in [2.05, 4.69) is 36.5 Å². The van der Waals surface area contributed by atoms with Crippen LogP contribution >= 0.6 is 0 Å². The zero-order valence-corrected chi connectivity index (χ0v) is 14.9. The largest absolute Gasteiger partial charge is 0.356 e. The van der Waals surface area contributed by atoms with Gasteiger partial charge in [0.15, 0.2) is 5.82 Å². The number of hydrogen-bond acceptors (Lipinski definition) is 7. The lowest BCUT2D eigenvalue weighted by Crippen LogP contribution is -2.41. The molecule has 5 rings (SSSR count). The van der Waals surface area contributed by atoms with Crippen LogP contribution in [-0.4, -0.2) is 51.3 Å². The molecule has 0 radical (unpaired) electrons. The number of nitriles is 1. The Balaban J connectivity index is 1.56. The second kappa shape index (κ2) is 6.28. The van der Waals surface area contributed by atoms with Crippen molar-refractivity contribution in [1.82, 2.24) is 30.5 Å². The van der Waals surface area contributed by atoms with Gasteiger partial charge in [0.1, 0.15) is 17.6 Å². The normalized spacial score (nSPS) is 18.9. The van der Waals surface area contributed by atoms with Gasteiger partial charge in [-0.15, -0.1) is 0 Å². The molecule has 0 amide bonds. The molecule has 0 aliphatic carbocycles. The van der Waals surface area contributed by atoms with Crippen molar-refractivity contribution in [2.24, 2.45) is 5.41 Å². The molecule has 0 saturated carbocycles. The van der Waals surface area contributed by atoms with Crippen LogP contribution in [0.4, 0.5) is 5.82 Å². The van der Waals surface area contributed by atoms with Gasteiger partial charge in [0.25, 0.3) is 0 Å². The van der Waals surface area contributed by atoms with E-state index < -0.39 is 0 Å². The third-order valence-corrected chi connectivity index (χ3v) is 5.93. The fourth-order valence-electron chi connectivity index (χ4n) is 4.28. The first kappa shape index (κ1) is 16.1. The van der Waals surface area contributed by atoms with E-state index in [-0.39, 0.29) is 0 Å². The van der Waals surface area contributed by atoms with Gasteiger partial charge < -0.3 is 10.2 Å². The monoisotopic (exact) mass is 360 g/mol. The quantitative estimate of drug-likeness (QED) is 0.718. The molecule has 8 heteroatoms. The van der Waals surface area contributed by atoms with E-state index in [1.54, 1.807) is 18.6 Å². The summed E-state index contributed by atoms with van der Waals surface area (Å²) in [7, 11) is 0. The van der Waals surface area contributed by atoms with Gasteiger partial charge >= 0.3 is 0 Å². The van der Waals surface area contributed by atoms with Crippen molar-refractivity contribution in [3.8, 4) is 17.5 Å². The summed E-state index contributed by atoms with van der Waals surface area (Å²) >= 11 is 0. The molecule has 2 aliphatic rings. The van der Waals surface area contributed by atoms with E-state index in [0.717, 1.165) is 42.9 Å². The van der Waals surface area contributed by atoms with Crippen molar-refractivity contribution in [3.63, 3.8) is 0 Å². The minimum Gasteiger partial charge on any atom is -0.356 e.